The van der Waals surface area contributed by atoms with Gasteiger partial charge in [-0.1, -0.05) is 0 Å². The number of hydrogen-bond donors (Lipinski definition) is 0. The Labute approximate surface area is 82.2 Å². The average Bonchev–Trinajstić information content (AvgIpc) is 2.16. The zero-order chi connectivity index (χ0) is 9.68. The Kier molecular flexibility index (Phi) is 4.56. The SMILES string of the molecule is COC(=O)CC[C@H]1CSCC[C@H]1F. The van der Waals surface area contributed by atoms with E-state index >= 15 is 0 Å². The van der Waals surface area contributed by atoms with Gasteiger partial charge < -0.3 is 4.74 Å². The zero-order valence-electron chi connectivity index (χ0n) is 7.79. The summed E-state index contributed by atoms with van der Waals surface area (Å²) in [6, 6.07) is 0. The van der Waals surface area contributed by atoms with Crippen LogP contribution in [0.1, 0.15) is 19.3 Å². The Morgan fingerprint density at radius 3 is 3.08 bits per heavy atom. The fourth-order valence-electron chi connectivity index (χ4n) is 1.44. The number of carbonyl (C=O) groups excluding carboxylic acids is 1. The monoisotopic (exact) mass is 206 g/mol. The molecule has 0 radical (unpaired) electrons. The van der Waals surface area contributed by atoms with Crippen LogP contribution in [-0.4, -0.2) is 30.8 Å². The predicted molar refractivity (Wildman–Crippen MR) is 51.6 cm³/mol. The molecule has 0 aliphatic carbocycles. The number of rotatable bonds is 3. The van der Waals surface area contributed by atoms with Crippen LogP contribution in [0.5, 0.6) is 0 Å². The standard InChI is InChI=1S/C9H15FO2S/c1-12-9(11)3-2-7-6-13-5-4-8(7)10/h7-8H,2-6H2,1H3/t7-,8+/m0/s1. The van der Waals surface area contributed by atoms with E-state index < -0.39 is 6.17 Å². The van der Waals surface area contributed by atoms with Crippen molar-refractivity contribution in [3.8, 4) is 0 Å². The van der Waals surface area contributed by atoms with E-state index in [-0.39, 0.29) is 11.9 Å². The molecule has 1 aliphatic rings. The van der Waals surface area contributed by atoms with Gasteiger partial charge in [-0.2, -0.15) is 11.8 Å². The molecular weight excluding hydrogens is 191 g/mol. The van der Waals surface area contributed by atoms with Crippen molar-refractivity contribution < 1.29 is 13.9 Å². The molecule has 2 nitrogen and oxygen atoms in total. The molecule has 1 saturated heterocycles. The smallest absolute Gasteiger partial charge is 0.305 e. The van der Waals surface area contributed by atoms with Gasteiger partial charge in [0.15, 0.2) is 0 Å². The van der Waals surface area contributed by atoms with Crippen molar-refractivity contribution in [3.05, 3.63) is 0 Å². The third-order valence-electron chi connectivity index (χ3n) is 2.33. The second kappa shape index (κ2) is 5.47. The van der Waals surface area contributed by atoms with Crippen LogP contribution in [0.15, 0.2) is 0 Å². The predicted octanol–water partition coefficient (Wildman–Crippen LogP) is 2.03. The molecule has 1 aliphatic heterocycles. The molecule has 76 valence electrons. The molecule has 0 saturated carbocycles. The number of thioether (sulfide) groups is 1. The third kappa shape index (κ3) is 3.55. The molecule has 0 N–H and O–H groups in total. The molecule has 13 heavy (non-hydrogen) atoms. The fraction of sp³-hybridized carbons (Fsp3) is 0.889. The number of halogens is 1. The summed E-state index contributed by atoms with van der Waals surface area (Å²) in [5.74, 6) is 1.58. The first-order valence-electron chi connectivity index (χ1n) is 4.52. The van der Waals surface area contributed by atoms with Gasteiger partial charge in [-0.05, 0) is 30.3 Å². The van der Waals surface area contributed by atoms with Gasteiger partial charge in [0.2, 0.25) is 0 Å². The highest BCUT2D eigenvalue weighted by Gasteiger charge is 2.25. The van der Waals surface area contributed by atoms with E-state index in [0.29, 0.717) is 19.3 Å². The van der Waals surface area contributed by atoms with Gasteiger partial charge in [-0.15, -0.1) is 0 Å². The molecule has 0 aromatic heterocycles. The van der Waals surface area contributed by atoms with E-state index in [0.717, 1.165) is 11.5 Å². The summed E-state index contributed by atoms with van der Waals surface area (Å²) in [5, 5.41) is 0. The van der Waals surface area contributed by atoms with Gasteiger partial charge >= 0.3 is 5.97 Å². The number of carbonyl (C=O) groups is 1. The van der Waals surface area contributed by atoms with Crippen LogP contribution < -0.4 is 0 Å². The van der Waals surface area contributed by atoms with Crippen molar-refractivity contribution in [3.63, 3.8) is 0 Å². The minimum atomic E-state index is -0.717. The van der Waals surface area contributed by atoms with E-state index in [2.05, 4.69) is 4.74 Å². The molecule has 1 rings (SSSR count). The van der Waals surface area contributed by atoms with Crippen molar-refractivity contribution in [1.82, 2.24) is 0 Å². The Bertz CT molecular complexity index is 175. The average molecular weight is 206 g/mol. The third-order valence-corrected chi connectivity index (χ3v) is 3.52. The van der Waals surface area contributed by atoms with E-state index in [1.807, 2.05) is 0 Å². The second-order valence-corrected chi connectivity index (χ2v) is 4.40. The number of alkyl halides is 1. The van der Waals surface area contributed by atoms with Gasteiger partial charge in [-0.3, -0.25) is 4.79 Å². The van der Waals surface area contributed by atoms with E-state index in [1.165, 1.54) is 7.11 Å². The van der Waals surface area contributed by atoms with E-state index in [1.54, 1.807) is 11.8 Å². The lowest BCUT2D eigenvalue weighted by molar-refractivity contribution is -0.141. The topological polar surface area (TPSA) is 26.3 Å². The summed E-state index contributed by atoms with van der Waals surface area (Å²) in [6.45, 7) is 0. The summed E-state index contributed by atoms with van der Waals surface area (Å²) in [4.78, 5) is 10.8. The fourth-order valence-corrected chi connectivity index (χ4v) is 2.68. The first-order valence-corrected chi connectivity index (χ1v) is 5.68. The molecule has 0 unspecified atom stereocenters. The lowest BCUT2D eigenvalue weighted by Crippen LogP contribution is -2.24. The number of ether oxygens (including phenoxy) is 1. The van der Waals surface area contributed by atoms with Gasteiger partial charge in [0.25, 0.3) is 0 Å². The van der Waals surface area contributed by atoms with Crippen LogP contribution in [0.25, 0.3) is 0 Å². The molecule has 0 bridgehead atoms. The largest absolute Gasteiger partial charge is 0.469 e. The first-order chi connectivity index (χ1) is 6.24. The maximum absolute atomic E-state index is 13.2. The molecule has 4 heteroatoms. The van der Waals surface area contributed by atoms with Gasteiger partial charge in [0, 0.05) is 6.42 Å². The molecule has 2 atom stereocenters. The summed E-state index contributed by atoms with van der Waals surface area (Å²) in [7, 11) is 1.37. The highest BCUT2D eigenvalue weighted by molar-refractivity contribution is 7.99. The second-order valence-electron chi connectivity index (χ2n) is 3.25. The van der Waals surface area contributed by atoms with Crippen LogP contribution in [0.3, 0.4) is 0 Å². The van der Waals surface area contributed by atoms with Crippen LogP contribution >= 0.6 is 11.8 Å². The molecule has 0 amide bonds. The summed E-state index contributed by atoms with van der Waals surface area (Å²) in [5.41, 5.74) is 0. The maximum atomic E-state index is 13.2. The van der Waals surface area contributed by atoms with Gasteiger partial charge in [-0.25, -0.2) is 4.39 Å². The molecule has 0 aromatic rings. The van der Waals surface area contributed by atoms with E-state index in [9.17, 15) is 9.18 Å². The Hall–Kier alpha value is -0.250. The normalized spacial score (nSPS) is 28.5. The minimum Gasteiger partial charge on any atom is -0.469 e. The summed E-state index contributed by atoms with van der Waals surface area (Å²) in [6.07, 6.45) is 0.894. The summed E-state index contributed by atoms with van der Waals surface area (Å²) >= 11 is 1.77. The lowest BCUT2D eigenvalue weighted by Gasteiger charge is -2.24. The molecule has 0 spiro atoms. The van der Waals surface area contributed by atoms with Crippen LogP contribution in [-0.2, 0) is 9.53 Å². The van der Waals surface area contributed by atoms with Crippen LogP contribution in [0.2, 0.25) is 0 Å². The van der Waals surface area contributed by atoms with Crippen molar-refractivity contribution in [2.75, 3.05) is 18.6 Å². The highest BCUT2D eigenvalue weighted by atomic mass is 32.2. The molecule has 0 aromatic carbocycles. The maximum Gasteiger partial charge on any atom is 0.305 e. The Morgan fingerprint density at radius 2 is 2.46 bits per heavy atom. The lowest BCUT2D eigenvalue weighted by atomic mass is 9.98. The Morgan fingerprint density at radius 1 is 1.69 bits per heavy atom. The van der Waals surface area contributed by atoms with Crippen LogP contribution in [0.4, 0.5) is 4.39 Å². The van der Waals surface area contributed by atoms with Crippen molar-refractivity contribution >= 4 is 17.7 Å². The quantitative estimate of drug-likeness (QED) is 0.661. The molecular formula is C9H15FO2S. The van der Waals surface area contributed by atoms with Gasteiger partial charge in [0.05, 0.1) is 7.11 Å². The van der Waals surface area contributed by atoms with Crippen molar-refractivity contribution in [1.29, 1.82) is 0 Å². The summed E-state index contributed by atoms with van der Waals surface area (Å²) < 4.78 is 17.7. The van der Waals surface area contributed by atoms with Crippen molar-refractivity contribution in [2.24, 2.45) is 5.92 Å². The first kappa shape index (κ1) is 10.8. The number of hydrogen-bond acceptors (Lipinski definition) is 3. The number of methoxy groups -OCH3 is 1. The van der Waals surface area contributed by atoms with E-state index in [4.69, 9.17) is 0 Å². The van der Waals surface area contributed by atoms with Gasteiger partial charge in [0.1, 0.15) is 6.17 Å². The van der Waals surface area contributed by atoms with Crippen molar-refractivity contribution in [2.45, 2.75) is 25.4 Å². The number of esters is 1. The zero-order valence-corrected chi connectivity index (χ0v) is 8.61. The highest BCUT2D eigenvalue weighted by Crippen LogP contribution is 2.28. The Balaban J connectivity index is 2.22. The molecule has 1 fully saturated rings. The van der Waals surface area contributed by atoms with Crippen LogP contribution in [0, 0.1) is 5.92 Å². The molecule has 1 heterocycles. The minimum absolute atomic E-state index is 0.0536.